The Morgan fingerprint density at radius 1 is 1.36 bits per heavy atom. The van der Waals surface area contributed by atoms with Crippen LogP contribution in [0.3, 0.4) is 0 Å². The van der Waals surface area contributed by atoms with E-state index in [4.69, 9.17) is 0 Å². The first-order chi connectivity index (χ1) is 10.4. The smallest absolute Gasteiger partial charge is 0.239 e. The Labute approximate surface area is 132 Å². The van der Waals surface area contributed by atoms with Gasteiger partial charge in [0.05, 0.1) is 5.75 Å². The van der Waals surface area contributed by atoms with Gasteiger partial charge in [-0.1, -0.05) is 37.6 Å². The molecule has 120 valence electrons. The van der Waals surface area contributed by atoms with Gasteiger partial charge < -0.3 is 0 Å². The lowest BCUT2D eigenvalue weighted by Crippen LogP contribution is -2.37. The molecule has 1 saturated carbocycles. The zero-order chi connectivity index (χ0) is 16.0. The predicted molar refractivity (Wildman–Crippen MR) is 86.0 cm³/mol. The van der Waals surface area contributed by atoms with Gasteiger partial charge >= 0.3 is 0 Å². The largest absolute Gasteiger partial charge is 0.273 e. The molecule has 1 aromatic rings. The van der Waals surface area contributed by atoms with Gasteiger partial charge in [0.2, 0.25) is 15.9 Å². The fourth-order valence-electron chi connectivity index (χ4n) is 3.74. The van der Waals surface area contributed by atoms with Crippen molar-refractivity contribution in [3.05, 3.63) is 35.4 Å². The molecular formula is C17H23NO3S. The zero-order valence-corrected chi connectivity index (χ0v) is 14.0. The Balaban J connectivity index is 1.77. The van der Waals surface area contributed by atoms with E-state index < -0.39 is 10.0 Å². The third kappa shape index (κ3) is 2.35. The van der Waals surface area contributed by atoms with Crippen molar-refractivity contribution in [2.75, 3.05) is 12.8 Å². The van der Waals surface area contributed by atoms with E-state index in [1.54, 1.807) is 0 Å². The summed E-state index contributed by atoms with van der Waals surface area (Å²) < 4.78 is 25.4. The molecule has 1 amide bonds. The van der Waals surface area contributed by atoms with Crippen LogP contribution in [-0.2, 0) is 26.7 Å². The van der Waals surface area contributed by atoms with E-state index in [-0.39, 0.29) is 23.0 Å². The SMILES string of the molecule is CCCCS(=O)(=O)N(C)C(=O)[C@H]1C[C@@]12CCc1ccccc12. The lowest BCUT2D eigenvalue weighted by Gasteiger charge is -2.19. The first-order valence-corrected chi connectivity index (χ1v) is 9.62. The summed E-state index contributed by atoms with van der Waals surface area (Å²) in [5.41, 5.74) is 2.48. The van der Waals surface area contributed by atoms with Crippen LogP contribution in [0.1, 0.15) is 43.7 Å². The first kappa shape index (κ1) is 15.5. The maximum atomic E-state index is 12.6. The van der Waals surface area contributed by atoms with Gasteiger partial charge in [-0.15, -0.1) is 0 Å². The molecule has 1 aromatic carbocycles. The van der Waals surface area contributed by atoms with Crippen molar-refractivity contribution in [2.45, 2.75) is 44.4 Å². The maximum Gasteiger partial charge on any atom is 0.239 e. The normalized spacial score (nSPS) is 26.0. The average molecular weight is 321 g/mol. The summed E-state index contributed by atoms with van der Waals surface area (Å²) in [6, 6.07) is 8.25. The highest BCUT2D eigenvalue weighted by Crippen LogP contribution is 2.62. The number of benzene rings is 1. The van der Waals surface area contributed by atoms with Gasteiger partial charge in [0.15, 0.2) is 0 Å². The number of carbonyl (C=O) groups excluding carboxylic acids is 1. The van der Waals surface area contributed by atoms with Crippen LogP contribution in [0.2, 0.25) is 0 Å². The molecule has 0 aliphatic heterocycles. The molecule has 2 aliphatic carbocycles. The quantitative estimate of drug-likeness (QED) is 0.837. The molecule has 0 heterocycles. The molecular weight excluding hydrogens is 298 g/mol. The molecule has 1 fully saturated rings. The molecule has 0 unspecified atom stereocenters. The predicted octanol–water partition coefficient (Wildman–Crippen LogP) is 2.48. The van der Waals surface area contributed by atoms with Crippen molar-refractivity contribution in [3.63, 3.8) is 0 Å². The van der Waals surface area contributed by atoms with Crippen LogP contribution in [0.4, 0.5) is 0 Å². The second kappa shape index (κ2) is 5.37. The van der Waals surface area contributed by atoms with E-state index in [0.717, 1.165) is 30.0 Å². The van der Waals surface area contributed by atoms with Gasteiger partial charge in [-0.2, -0.15) is 0 Å². The van der Waals surface area contributed by atoms with Crippen LogP contribution in [0.15, 0.2) is 24.3 Å². The van der Waals surface area contributed by atoms with Crippen LogP contribution in [0.25, 0.3) is 0 Å². The van der Waals surface area contributed by atoms with Crippen LogP contribution in [0, 0.1) is 5.92 Å². The topological polar surface area (TPSA) is 54.5 Å². The van der Waals surface area contributed by atoms with Gasteiger partial charge in [0.25, 0.3) is 0 Å². The molecule has 0 aromatic heterocycles. The molecule has 4 nitrogen and oxygen atoms in total. The standard InChI is InChI=1S/C17H23NO3S/c1-3-4-11-22(20,21)18(2)16(19)15-12-17(15)10-9-13-7-5-6-8-14(13)17/h5-8,15H,3-4,9-12H2,1-2H3/t15-,17-/m1/s1. The summed E-state index contributed by atoms with van der Waals surface area (Å²) in [5.74, 6) is -0.340. The highest BCUT2D eigenvalue weighted by molar-refractivity contribution is 7.89. The van der Waals surface area contributed by atoms with E-state index in [1.165, 1.54) is 18.2 Å². The molecule has 2 atom stereocenters. The molecule has 1 spiro atoms. The van der Waals surface area contributed by atoms with E-state index in [0.29, 0.717) is 6.42 Å². The summed E-state index contributed by atoms with van der Waals surface area (Å²) in [6.07, 6.45) is 4.15. The number of fused-ring (bicyclic) bond motifs is 2. The van der Waals surface area contributed by atoms with Crippen LogP contribution >= 0.6 is 0 Å². The summed E-state index contributed by atoms with van der Waals surface area (Å²) in [4.78, 5) is 12.6. The summed E-state index contributed by atoms with van der Waals surface area (Å²) in [5, 5.41) is 0. The molecule has 0 radical (unpaired) electrons. The summed E-state index contributed by atoms with van der Waals surface area (Å²) in [7, 11) is -2.05. The Morgan fingerprint density at radius 2 is 2.09 bits per heavy atom. The van der Waals surface area contributed by atoms with E-state index in [2.05, 4.69) is 12.1 Å². The number of rotatable bonds is 5. The highest BCUT2D eigenvalue weighted by Gasteiger charge is 2.62. The van der Waals surface area contributed by atoms with Crippen molar-refractivity contribution in [1.29, 1.82) is 0 Å². The van der Waals surface area contributed by atoms with Crippen LogP contribution in [0.5, 0.6) is 0 Å². The number of sulfonamides is 1. The lowest BCUT2D eigenvalue weighted by molar-refractivity contribution is -0.127. The van der Waals surface area contributed by atoms with Gasteiger partial charge in [-0.3, -0.25) is 4.79 Å². The highest BCUT2D eigenvalue weighted by atomic mass is 32.2. The van der Waals surface area contributed by atoms with Crippen LogP contribution < -0.4 is 0 Å². The fourth-order valence-corrected chi connectivity index (χ4v) is 5.07. The summed E-state index contributed by atoms with van der Waals surface area (Å²) >= 11 is 0. The minimum atomic E-state index is -3.47. The molecule has 0 bridgehead atoms. The zero-order valence-electron chi connectivity index (χ0n) is 13.2. The molecule has 5 heteroatoms. The van der Waals surface area contributed by atoms with E-state index >= 15 is 0 Å². The van der Waals surface area contributed by atoms with Crippen molar-refractivity contribution < 1.29 is 13.2 Å². The third-order valence-corrected chi connectivity index (χ3v) is 7.07. The Hall–Kier alpha value is -1.36. The third-order valence-electron chi connectivity index (χ3n) is 5.25. The van der Waals surface area contributed by atoms with Crippen LogP contribution in [-0.4, -0.2) is 31.4 Å². The number of aryl methyl sites for hydroxylation is 1. The van der Waals surface area contributed by atoms with Crippen molar-refractivity contribution in [2.24, 2.45) is 5.92 Å². The minimum Gasteiger partial charge on any atom is -0.273 e. The second-order valence-electron chi connectivity index (χ2n) is 6.55. The first-order valence-electron chi connectivity index (χ1n) is 8.01. The summed E-state index contributed by atoms with van der Waals surface area (Å²) in [6.45, 7) is 1.95. The molecule has 0 N–H and O–H groups in total. The average Bonchev–Trinajstić information content (AvgIpc) is 3.13. The van der Waals surface area contributed by atoms with E-state index in [1.807, 2.05) is 19.1 Å². The molecule has 3 rings (SSSR count). The fraction of sp³-hybridized carbons (Fsp3) is 0.588. The Kier molecular flexibility index (Phi) is 3.79. The number of hydrogen-bond donors (Lipinski definition) is 0. The number of carbonyl (C=O) groups is 1. The number of hydrogen-bond acceptors (Lipinski definition) is 3. The number of nitrogens with zero attached hydrogens (tertiary/aromatic N) is 1. The van der Waals surface area contributed by atoms with E-state index in [9.17, 15) is 13.2 Å². The Morgan fingerprint density at radius 3 is 2.82 bits per heavy atom. The minimum absolute atomic E-state index is 0.0576. The Bertz CT molecular complexity index is 698. The van der Waals surface area contributed by atoms with Gasteiger partial charge in [0, 0.05) is 18.4 Å². The number of unbranched alkanes of at least 4 members (excludes halogenated alkanes) is 1. The molecule has 22 heavy (non-hydrogen) atoms. The van der Waals surface area contributed by atoms with Crippen molar-refractivity contribution >= 4 is 15.9 Å². The van der Waals surface area contributed by atoms with Gasteiger partial charge in [-0.25, -0.2) is 12.7 Å². The van der Waals surface area contributed by atoms with Crippen molar-refractivity contribution in [3.8, 4) is 0 Å². The van der Waals surface area contributed by atoms with Gasteiger partial charge in [0.1, 0.15) is 0 Å². The van der Waals surface area contributed by atoms with Gasteiger partial charge in [-0.05, 0) is 36.8 Å². The number of amides is 1. The monoisotopic (exact) mass is 321 g/mol. The maximum absolute atomic E-state index is 12.6. The molecule has 0 saturated heterocycles. The second-order valence-corrected chi connectivity index (χ2v) is 8.67. The lowest BCUT2D eigenvalue weighted by atomic mass is 9.95. The molecule has 2 aliphatic rings. The van der Waals surface area contributed by atoms with Crippen molar-refractivity contribution in [1.82, 2.24) is 4.31 Å².